The van der Waals surface area contributed by atoms with Gasteiger partial charge in [0, 0.05) is 17.3 Å². The zero-order valence-corrected chi connectivity index (χ0v) is 10.8. The van der Waals surface area contributed by atoms with Crippen molar-refractivity contribution in [3.63, 3.8) is 0 Å². The molecule has 0 aliphatic rings. The monoisotopic (exact) mass is 252 g/mol. The molecular weight excluding hydrogens is 236 g/mol. The predicted molar refractivity (Wildman–Crippen MR) is 71.9 cm³/mol. The molecule has 0 spiro atoms. The van der Waals surface area contributed by atoms with Gasteiger partial charge in [-0.15, -0.1) is 0 Å². The zero-order chi connectivity index (χ0) is 12.7. The maximum atomic E-state index is 11.4. The summed E-state index contributed by atoms with van der Waals surface area (Å²) in [6, 6.07) is 7.39. The Hall–Kier alpha value is -1.48. The highest BCUT2D eigenvalue weighted by molar-refractivity contribution is 6.30. The van der Waals surface area contributed by atoms with Gasteiger partial charge in [-0.1, -0.05) is 30.7 Å². The average molecular weight is 253 g/mol. The summed E-state index contributed by atoms with van der Waals surface area (Å²) < 4.78 is 0. The molecule has 0 aromatic heterocycles. The molecule has 1 aromatic rings. The number of amides is 2. The second-order valence-electron chi connectivity index (χ2n) is 3.82. The van der Waals surface area contributed by atoms with Gasteiger partial charge >= 0.3 is 6.03 Å². The van der Waals surface area contributed by atoms with Crippen LogP contribution < -0.4 is 10.6 Å². The van der Waals surface area contributed by atoms with E-state index in [2.05, 4.69) is 10.6 Å². The average Bonchev–Trinajstić information content (AvgIpc) is 2.29. The Bertz CT molecular complexity index is 404. The van der Waals surface area contributed by atoms with Gasteiger partial charge in [0.2, 0.25) is 0 Å². The van der Waals surface area contributed by atoms with Gasteiger partial charge in [0.1, 0.15) is 0 Å². The molecule has 0 aliphatic carbocycles. The van der Waals surface area contributed by atoms with Crippen LogP contribution in [0.2, 0.25) is 5.02 Å². The first-order chi connectivity index (χ1) is 8.11. The molecule has 0 radical (unpaired) electrons. The van der Waals surface area contributed by atoms with Gasteiger partial charge in [-0.25, -0.2) is 4.79 Å². The molecule has 2 amide bonds. The fourth-order valence-corrected chi connectivity index (χ4v) is 1.39. The number of carbonyl (C=O) groups excluding carboxylic acids is 1. The molecule has 4 heteroatoms. The molecule has 0 aliphatic heterocycles. The Labute approximate surface area is 107 Å². The van der Waals surface area contributed by atoms with Crippen molar-refractivity contribution in [3.8, 4) is 0 Å². The van der Waals surface area contributed by atoms with E-state index >= 15 is 0 Å². The molecule has 0 saturated carbocycles. The molecule has 0 fully saturated rings. The topological polar surface area (TPSA) is 41.1 Å². The summed E-state index contributed by atoms with van der Waals surface area (Å²) in [6.07, 6.45) is 4.30. The maximum Gasteiger partial charge on any atom is 0.318 e. The number of nitrogens with one attached hydrogen (secondary N) is 2. The van der Waals surface area contributed by atoms with E-state index in [1.54, 1.807) is 12.3 Å². The Morgan fingerprint density at radius 1 is 1.53 bits per heavy atom. The third-order valence-corrected chi connectivity index (χ3v) is 2.56. The molecule has 1 aromatic carbocycles. The van der Waals surface area contributed by atoms with Crippen LogP contribution in [0, 0.1) is 0 Å². The van der Waals surface area contributed by atoms with Crippen LogP contribution in [0.1, 0.15) is 25.8 Å². The lowest BCUT2D eigenvalue weighted by atomic mass is 10.2. The highest BCUT2D eigenvalue weighted by Crippen LogP contribution is 2.11. The summed E-state index contributed by atoms with van der Waals surface area (Å²) in [4.78, 5) is 11.4. The SMILES string of the molecule is CCC(C)NC(=O)N/C=C/c1cccc(Cl)c1. The van der Waals surface area contributed by atoms with Crippen molar-refractivity contribution in [2.75, 3.05) is 0 Å². The predicted octanol–water partition coefficient (Wildman–Crippen LogP) is 3.41. The van der Waals surface area contributed by atoms with E-state index in [4.69, 9.17) is 11.6 Å². The second-order valence-corrected chi connectivity index (χ2v) is 4.25. The minimum Gasteiger partial charge on any atom is -0.335 e. The van der Waals surface area contributed by atoms with Crippen molar-refractivity contribution in [1.29, 1.82) is 0 Å². The number of urea groups is 1. The molecule has 0 bridgehead atoms. The zero-order valence-electron chi connectivity index (χ0n) is 10.0. The minimum atomic E-state index is -0.197. The fraction of sp³-hybridized carbons (Fsp3) is 0.308. The summed E-state index contributed by atoms with van der Waals surface area (Å²) >= 11 is 5.84. The lowest BCUT2D eigenvalue weighted by Crippen LogP contribution is -2.38. The van der Waals surface area contributed by atoms with Gasteiger partial charge in [-0.2, -0.15) is 0 Å². The third kappa shape index (κ3) is 5.41. The number of hydrogen-bond acceptors (Lipinski definition) is 1. The lowest BCUT2D eigenvalue weighted by molar-refractivity contribution is 0.241. The fourth-order valence-electron chi connectivity index (χ4n) is 1.19. The number of halogens is 1. The van der Waals surface area contributed by atoms with E-state index in [1.807, 2.05) is 38.1 Å². The summed E-state index contributed by atoms with van der Waals surface area (Å²) in [7, 11) is 0. The number of carbonyl (C=O) groups is 1. The van der Waals surface area contributed by atoms with Gasteiger partial charge in [-0.05, 0) is 37.1 Å². The van der Waals surface area contributed by atoms with Crippen LogP contribution in [0.5, 0.6) is 0 Å². The number of rotatable bonds is 4. The van der Waals surface area contributed by atoms with Crippen molar-refractivity contribution in [1.82, 2.24) is 10.6 Å². The van der Waals surface area contributed by atoms with Gasteiger partial charge in [-0.3, -0.25) is 0 Å². The molecule has 1 atom stereocenters. The molecule has 0 heterocycles. The summed E-state index contributed by atoms with van der Waals surface area (Å²) in [5, 5.41) is 6.12. The van der Waals surface area contributed by atoms with Crippen molar-refractivity contribution in [2.45, 2.75) is 26.3 Å². The van der Waals surface area contributed by atoms with Crippen LogP contribution in [-0.4, -0.2) is 12.1 Å². The minimum absolute atomic E-state index is 0.176. The number of hydrogen-bond donors (Lipinski definition) is 2. The van der Waals surface area contributed by atoms with E-state index in [0.717, 1.165) is 12.0 Å². The first-order valence-electron chi connectivity index (χ1n) is 5.61. The third-order valence-electron chi connectivity index (χ3n) is 2.33. The Kier molecular flexibility index (Phi) is 5.57. The van der Waals surface area contributed by atoms with Gasteiger partial charge < -0.3 is 10.6 Å². The van der Waals surface area contributed by atoms with Gasteiger partial charge in [0.05, 0.1) is 0 Å². The summed E-state index contributed by atoms with van der Waals surface area (Å²) in [5.74, 6) is 0. The lowest BCUT2D eigenvalue weighted by Gasteiger charge is -2.10. The largest absolute Gasteiger partial charge is 0.335 e. The molecular formula is C13H17ClN2O. The Balaban J connectivity index is 2.42. The molecule has 3 nitrogen and oxygen atoms in total. The van der Waals surface area contributed by atoms with Crippen LogP contribution in [0.4, 0.5) is 4.79 Å². The van der Waals surface area contributed by atoms with Crippen LogP contribution >= 0.6 is 11.6 Å². The summed E-state index contributed by atoms with van der Waals surface area (Å²) in [5.41, 5.74) is 0.946. The van der Waals surface area contributed by atoms with E-state index in [9.17, 15) is 4.79 Å². The molecule has 17 heavy (non-hydrogen) atoms. The van der Waals surface area contributed by atoms with Gasteiger partial charge in [0.25, 0.3) is 0 Å². The van der Waals surface area contributed by atoms with Crippen LogP contribution in [0.3, 0.4) is 0 Å². The van der Waals surface area contributed by atoms with E-state index in [0.29, 0.717) is 5.02 Å². The second kappa shape index (κ2) is 6.97. The maximum absolute atomic E-state index is 11.4. The summed E-state index contributed by atoms with van der Waals surface area (Å²) in [6.45, 7) is 3.98. The highest BCUT2D eigenvalue weighted by atomic mass is 35.5. The van der Waals surface area contributed by atoms with Crippen LogP contribution in [0.15, 0.2) is 30.5 Å². The number of benzene rings is 1. The van der Waals surface area contributed by atoms with Crippen molar-refractivity contribution >= 4 is 23.7 Å². The molecule has 2 N–H and O–H groups in total. The molecule has 92 valence electrons. The van der Waals surface area contributed by atoms with E-state index in [1.165, 1.54) is 0 Å². The molecule has 1 unspecified atom stereocenters. The van der Waals surface area contributed by atoms with Gasteiger partial charge in [0.15, 0.2) is 0 Å². The highest BCUT2D eigenvalue weighted by Gasteiger charge is 2.01. The van der Waals surface area contributed by atoms with Crippen molar-refractivity contribution < 1.29 is 4.79 Å². The molecule has 1 rings (SSSR count). The van der Waals surface area contributed by atoms with E-state index < -0.39 is 0 Å². The van der Waals surface area contributed by atoms with Crippen LogP contribution in [-0.2, 0) is 0 Å². The Morgan fingerprint density at radius 2 is 2.29 bits per heavy atom. The first-order valence-corrected chi connectivity index (χ1v) is 5.98. The van der Waals surface area contributed by atoms with Crippen molar-refractivity contribution in [2.24, 2.45) is 0 Å². The quantitative estimate of drug-likeness (QED) is 0.847. The molecule has 0 saturated heterocycles. The first kappa shape index (κ1) is 13.6. The van der Waals surface area contributed by atoms with E-state index in [-0.39, 0.29) is 12.1 Å². The standard InChI is InChI=1S/C13H17ClN2O/c1-3-10(2)16-13(17)15-8-7-11-5-4-6-12(14)9-11/h4-10H,3H2,1-2H3,(H2,15,16,17)/b8-7+. The van der Waals surface area contributed by atoms with Crippen molar-refractivity contribution in [3.05, 3.63) is 41.1 Å². The smallest absolute Gasteiger partial charge is 0.318 e. The Morgan fingerprint density at radius 3 is 2.94 bits per heavy atom. The van der Waals surface area contributed by atoms with Crippen LogP contribution in [0.25, 0.3) is 6.08 Å². The normalized spacial score (nSPS) is 12.4.